The van der Waals surface area contributed by atoms with Crippen molar-refractivity contribution in [2.75, 3.05) is 7.05 Å². The van der Waals surface area contributed by atoms with Crippen LogP contribution < -0.4 is 5.32 Å². The summed E-state index contributed by atoms with van der Waals surface area (Å²) in [7, 11) is 1.98. The maximum absolute atomic E-state index is 14.2. The van der Waals surface area contributed by atoms with Crippen LogP contribution in [0.15, 0.2) is 16.6 Å². The molecule has 1 aromatic carbocycles. The largest absolute Gasteiger partial charge is 0.317 e. The van der Waals surface area contributed by atoms with Gasteiger partial charge in [-0.3, -0.25) is 0 Å². The lowest BCUT2D eigenvalue weighted by Crippen LogP contribution is -2.26. The van der Waals surface area contributed by atoms with E-state index in [4.69, 9.17) is 11.6 Å². The molecule has 1 saturated carbocycles. The first-order chi connectivity index (χ1) is 8.63. The Bertz CT molecular complexity index is 425. The summed E-state index contributed by atoms with van der Waals surface area (Å²) in [5.74, 6) is 0.0170. The van der Waals surface area contributed by atoms with Crippen LogP contribution in [0.5, 0.6) is 0 Å². The van der Waals surface area contributed by atoms with Gasteiger partial charge in [-0.05, 0) is 59.8 Å². The molecular formula is C14H18BrClFN. The first-order valence-corrected chi connectivity index (χ1v) is 7.61. The molecule has 4 heteroatoms. The van der Waals surface area contributed by atoms with Gasteiger partial charge in [0.2, 0.25) is 0 Å². The number of nitrogens with one attached hydrogen (secondary N) is 1. The molecule has 2 atom stereocenters. The Balaban J connectivity index is 2.27. The van der Waals surface area contributed by atoms with Crippen LogP contribution in [-0.2, 0) is 0 Å². The molecule has 0 bridgehead atoms. The molecule has 2 unspecified atom stereocenters. The fourth-order valence-electron chi connectivity index (χ4n) is 2.76. The van der Waals surface area contributed by atoms with E-state index in [0.29, 0.717) is 10.5 Å². The maximum atomic E-state index is 14.2. The lowest BCUT2D eigenvalue weighted by molar-refractivity contribution is 0.460. The van der Waals surface area contributed by atoms with Crippen molar-refractivity contribution in [2.45, 2.75) is 44.1 Å². The van der Waals surface area contributed by atoms with Gasteiger partial charge < -0.3 is 5.32 Å². The summed E-state index contributed by atoms with van der Waals surface area (Å²) in [6, 6.07) is 4.20. The van der Waals surface area contributed by atoms with Gasteiger partial charge in [0, 0.05) is 10.5 Å². The Morgan fingerprint density at radius 1 is 1.33 bits per heavy atom. The molecule has 0 aromatic heterocycles. The zero-order chi connectivity index (χ0) is 13.1. The number of benzene rings is 1. The Labute approximate surface area is 121 Å². The highest BCUT2D eigenvalue weighted by Gasteiger charge is 2.24. The SMILES string of the molecule is CNC1CCCCC(c2ccc(Br)c(Cl)c2F)C1. The molecule has 1 aromatic rings. The van der Waals surface area contributed by atoms with Gasteiger partial charge >= 0.3 is 0 Å². The van der Waals surface area contributed by atoms with Crippen molar-refractivity contribution < 1.29 is 4.39 Å². The average Bonchev–Trinajstić information content (AvgIpc) is 2.61. The van der Waals surface area contributed by atoms with E-state index < -0.39 is 0 Å². The highest BCUT2D eigenvalue weighted by Crippen LogP contribution is 2.37. The number of hydrogen-bond acceptors (Lipinski definition) is 1. The Hall–Kier alpha value is -0.120. The normalized spacial score (nSPS) is 24.9. The van der Waals surface area contributed by atoms with Crippen molar-refractivity contribution in [1.29, 1.82) is 0 Å². The van der Waals surface area contributed by atoms with Crippen LogP contribution in [0.25, 0.3) is 0 Å². The lowest BCUT2D eigenvalue weighted by atomic mass is 9.90. The van der Waals surface area contributed by atoms with Crippen molar-refractivity contribution in [1.82, 2.24) is 5.32 Å². The summed E-state index contributed by atoms with van der Waals surface area (Å²) in [5.41, 5.74) is 0.769. The fourth-order valence-corrected chi connectivity index (χ4v) is 3.24. The molecule has 1 N–H and O–H groups in total. The van der Waals surface area contributed by atoms with Crippen molar-refractivity contribution in [2.24, 2.45) is 0 Å². The van der Waals surface area contributed by atoms with E-state index in [0.717, 1.165) is 24.8 Å². The second-order valence-electron chi connectivity index (χ2n) is 4.97. The van der Waals surface area contributed by atoms with Gasteiger partial charge in [-0.2, -0.15) is 0 Å². The second-order valence-corrected chi connectivity index (χ2v) is 6.20. The number of hydrogen-bond donors (Lipinski definition) is 1. The van der Waals surface area contributed by atoms with E-state index in [1.54, 1.807) is 0 Å². The molecule has 0 radical (unpaired) electrons. The van der Waals surface area contributed by atoms with E-state index in [9.17, 15) is 4.39 Å². The van der Waals surface area contributed by atoms with E-state index in [-0.39, 0.29) is 16.8 Å². The quantitative estimate of drug-likeness (QED) is 0.600. The standard InChI is InChI=1S/C14H18BrClFN/c1-18-10-5-3-2-4-9(8-10)11-6-7-12(15)13(16)14(11)17/h6-7,9-10,18H,2-5,8H2,1H3. The minimum Gasteiger partial charge on any atom is -0.317 e. The zero-order valence-electron chi connectivity index (χ0n) is 10.5. The molecule has 1 aliphatic carbocycles. The molecule has 1 aliphatic rings. The van der Waals surface area contributed by atoms with E-state index >= 15 is 0 Å². The summed E-state index contributed by atoms with van der Waals surface area (Å²) in [4.78, 5) is 0. The zero-order valence-corrected chi connectivity index (χ0v) is 12.8. The highest BCUT2D eigenvalue weighted by atomic mass is 79.9. The third-order valence-electron chi connectivity index (χ3n) is 3.84. The van der Waals surface area contributed by atoms with Gasteiger partial charge in [0.15, 0.2) is 0 Å². The number of halogens is 3. The summed E-state index contributed by atoms with van der Waals surface area (Å²) < 4.78 is 14.9. The highest BCUT2D eigenvalue weighted by molar-refractivity contribution is 9.10. The third-order valence-corrected chi connectivity index (χ3v) is 5.10. The molecule has 0 aliphatic heterocycles. The molecule has 100 valence electrons. The fraction of sp³-hybridized carbons (Fsp3) is 0.571. The topological polar surface area (TPSA) is 12.0 Å². The van der Waals surface area contributed by atoms with E-state index in [1.165, 1.54) is 12.8 Å². The minimum absolute atomic E-state index is 0.206. The van der Waals surface area contributed by atoms with Crippen LogP contribution in [0.1, 0.15) is 43.6 Å². The van der Waals surface area contributed by atoms with Crippen LogP contribution in [0.2, 0.25) is 5.02 Å². The third kappa shape index (κ3) is 3.06. The first-order valence-electron chi connectivity index (χ1n) is 6.44. The van der Waals surface area contributed by atoms with Gasteiger partial charge in [-0.25, -0.2) is 4.39 Å². The molecule has 18 heavy (non-hydrogen) atoms. The second kappa shape index (κ2) is 6.36. The van der Waals surface area contributed by atoms with Crippen LogP contribution in [0.3, 0.4) is 0 Å². The van der Waals surface area contributed by atoms with Crippen molar-refractivity contribution in [3.63, 3.8) is 0 Å². The summed E-state index contributed by atoms with van der Waals surface area (Å²) in [6.45, 7) is 0. The van der Waals surface area contributed by atoms with Gasteiger partial charge in [0.1, 0.15) is 5.82 Å². The summed E-state index contributed by atoms with van der Waals surface area (Å²) in [6.07, 6.45) is 5.60. The number of rotatable bonds is 2. The van der Waals surface area contributed by atoms with Gasteiger partial charge in [0.25, 0.3) is 0 Å². The van der Waals surface area contributed by atoms with Crippen molar-refractivity contribution in [3.05, 3.63) is 33.0 Å². The average molecular weight is 335 g/mol. The Morgan fingerprint density at radius 3 is 2.78 bits per heavy atom. The van der Waals surface area contributed by atoms with E-state index in [2.05, 4.69) is 21.2 Å². The van der Waals surface area contributed by atoms with Crippen LogP contribution in [0.4, 0.5) is 4.39 Å². The Kier molecular flexibility index (Phi) is 5.05. The van der Waals surface area contributed by atoms with Crippen molar-refractivity contribution in [3.8, 4) is 0 Å². The molecule has 0 heterocycles. The van der Waals surface area contributed by atoms with Crippen LogP contribution >= 0.6 is 27.5 Å². The monoisotopic (exact) mass is 333 g/mol. The van der Waals surface area contributed by atoms with Gasteiger partial charge in [-0.15, -0.1) is 0 Å². The maximum Gasteiger partial charge on any atom is 0.146 e. The van der Waals surface area contributed by atoms with Crippen molar-refractivity contribution >= 4 is 27.5 Å². The molecule has 2 rings (SSSR count). The summed E-state index contributed by atoms with van der Waals surface area (Å²) in [5, 5.41) is 3.53. The lowest BCUT2D eigenvalue weighted by Gasteiger charge is -2.21. The molecular weight excluding hydrogens is 317 g/mol. The van der Waals surface area contributed by atoms with Crippen LogP contribution in [-0.4, -0.2) is 13.1 Å². The van der Waals surface area contributed by atoms with E-state index in [1.807, 2.05) is 19.2 Å². The minimum atomic E-state index is -0.257. The molecule has 0 saturated heterocycles. The molecule has 0 spiro atoms. The predicted molar refractivity (Wildman–Crippen MR) is 77.8 cm³/mol. The Morgan fingerprint density at radius 2 is 2.06 bits per heavy atom. The summed E-state index contributed by atoms with van der Waals surface area (Å²) >= 11 is 9.24. The molecule has 1 fully saturated rings. The van der Waals surface area contributed by atoms with Gasteiger partial charge in [0.05, 0.1) is 5.02 Å². The van der Waals surface area contributed by atoms with Crippen LogP contribution in [0, 0.1) is 5.82 Å². The predicted octanol–water partition coefficient (Wildman–Crippen LogP) is 4.88. The van der Waals surface area contributed by atoms with Gasteiger partial charge in [-0.1, -0.05) is 30.5 Å². The molecule has 0 amide bonds. The molecule has 1 nitrogen and oxygen atoms in total. The smallest absolute Gasteiger partial charge is 0.146 e. The first kappa shape index (κ1) is 14.3.